The lowest BCUT2D eigenvalue weighted by Gasteiger charge is -2.32. The molecule has 1 atom stereocenters. The largest absolute Gasteiger partial charge is 0.465 e. The number of benzene rings is 3. The number of fused-ring (bicyclic) bond motifs is 2. The molecule has 0 saturated carbocycles. The minimum absolute atomic E-state index is 0.0244. The van der Waals surface area contributed by atoms with Gasteiger partial charge in [-0.2, -0.15) is 10.2 Å². The first-order valence-electron chi connectivity index (χ1n) is 14.4. The highest BCUT2D eigenvalue weighted by molar-refractivity contribution is 6.24. The predicted molar refractivity (Wildman–Crippen MR) is 169 cm³/mol. The third kappa shape index (κ3) is 5.92. The van der Waals surface area contributed by atoms with Crippen LogP contribution in [0, 0.1) is 0 Å². The molecule has 0 radical (unpaired) electrons. The van der Waals surface area contributed by atoms with E-state index in [0.717, 1.165) is 48.2 Å². The fourth-order valence-corrected chi connectivity index (χ4v) is 5.57. The number of esters is 1. The number of nitrogens with one attached hydrogen (secondary N) is 1. The molecule has 224 valence electrons. The van der Waals surface area contributed by atoms with Gasteiger partial charge in [-0.05, 0) is 60.6 Å². The molecule has 44 heavy (non-hydrogen) atoms. The summed E-state index contributed by atoms with van der Waals surface area (Å²) in [6.07, 6.45) is 3.35. The lowest BCUT2D eigenvalue weighted by Crippen LogP contribution is -2.48. The minimum atomic E-state index is -0.726. The molecule has 1 fully saturated rings. The first-order chi connectivity index (χ1) is 21.3. The first kappa shape index (κ1) is 29.1. The Bertz CT molecular complexity index is 1760. The van der Waals surface area contributed by atoms with Crippen molar-refractivity contribution in [3.8, 4) is 0 Å². The Balaban J connectivity index is 1.32. The van der Waals surface area contributed by atoms with Crippen molar-refractivity contribution in [3.63, 3.8) is 0 Å². The third-order valence-electron chi connectivity index (χ3n) is 8.24. The van der Waals surface area contributed by atoms with E-state index in [4.69, 9.17) is 9.73 Å². The Morgan fingerprint density at radius 3 is 2.39 bits per heavy atom. The van der Waals surface area contributed by atoms with Crippen molar-refractivity contribution < 1.29 is 19.1 Å². The van der Waals surface area contributed by atoms with Gasteiger partial charge in [0.2, 0.25) is 11.8 Å². The normalized spacial score (nSPS) is 17.3. The summed E-state index contributed by atoms with van der Waals surface area (Å²) in [6, 6.07) is 18.2. The Morgan fingerprint density at radius 2 is 1.66 bits per heavy atom. The molecule has 0 spiro atoms. The average Bonchev–Trinajstić information content (AvgIpc) is 3.38. The Kier molecular flexibility index (Phi) is 8.14. The zero-order valence-electron chi connectivity index (χ0n) is 24.9. The smallest absolute Gasteiger partial charge is 0.337 e. The van der Waals surface area contributed by atoms with Crippen LogP contribution < -0.4 is 10.2 Å². The third-order valence-corrected chi connectivity index (χ3v) is 8.24. The van der Waals surface area contributed by atoms with Crippen molar-refractivity contribution in [3.05, 3.63) is 89.7 Å². The number of anilines is 2. The fraction of sp³-hybridized carbons (Fsp3) is 0.273. The summed E-state index contributed by atoms with van der Waals surface area (Å²) in [5.74, 6) is -1.44. The van der Waals surface area contributed by atoms with Gasteiger partial charge in [-0.15, -0.1) is 0 Å². The van der Waals surface area contributed by atoms with Crippen LogP contribution in [-0.4, -0.2) is 97.4 Å². The van der Waals surface area contributed by atoms with Gasteiger partial charge in [0.05, 0.1) is 43.0 Å². The van der Waals surface area contributed by atoms with Crippen LogP contribution >= 0.6 is 0 Å². The minimum Gasteiger partial charge on any atom is -0.465 e. The number of aliphatic imine (C=N–C) groups is 1. The van der Waals surface area contributed by atoms with Crippen LogP contribution in [-0.2, 0) is 14.3 Å². The van der Waals surface area contributed by atoms with Crippen molar-refractivity contribution in [1.29, 1.82) is 0 Å². The van der Waals surface area contributed by atoms with Crippen LogP contribution in [0.2, 0.25) is 0 Å². The molecule has 2 amide bonds. The summed E-state index contributed by atoms with van der Waals surface area (Å²) >= 11 is 0. The van der Waals surface area contributed by atoms with Crippen molar-refractivity contribution in [2.45, 2.75) is 5.92 Å². The standard InChI is InChI=1S/C33H33N7O4/c1-38-12-14-40(15-13-38)20-29(41)39(2)26-9-7-25(8-10-26)36-31(21-4-5-23-18-34-35-19-24(23)16-21)30-27-11-6-22(33(43)44-3)17-28(27)37-32(30)42/h4-11,16-19,30H,12-15,20H2,1-3H3,(H,37,42). The molecule has 1 N–H and O–H groups in total. The second-order valence-electron chi connectivity index (χ2n) is 11.1. The lowest BCUT2D eigenvalue weighted by atomic mass is 9.89. The molecule has 2 aliphatic rings. The molecule has 2 aliphatic heterocycles. The summed E-state index contributed by atoms with van der Waals surface area (Å²) in [5.41, 5.74) is 4.27. The average molecular weight is 592 g/mol. The highest BCUT2D eigenvalue weighted by atomic mass is 16.5. The van der Waals surface area contributed by atoms with Crippen molar-refractivity contribution in [2.24, 2.45) is 4.99 Å². The maximum absolute atomic E-state index is 13.5. The summed E-state index contributed by atoms with van der Waals surface area (Å²) in [7, 11) is 5.19. The molecule has 0 bridgehead atoms. The maximum atomic E-state index is 13.5. The molecule has 0 aliphatic carbocycles. The van der Waals surface area contributed by atoms with E-state index >= 15 is 0 Å². The molecule has 3 aromatic carbocycles. The Morgan fingerprint density at radius 1 is 0.955 bits per heavy atom. The number of hydrogen-bond acceptors (Lipinski definition) is 9. The van der Waals surface area contributed by atoms with E-state index in [2.05, 4.69) is 32.4 Å². The summed E-state index contributed by atoms with van der Waals surface area (Å²) in [6.45, 7) is 4.01. The van der Waals surface area contributed by atoms with Crippen LogP contribution in [0.25, 0.3) is 10.8 Å². The van der Waals surface area contributed by atoms with Crippen molar-refractivity contribution >= 4 is 51.3 Å². The molecule has 3 heterocycles. The molecule has 11 nitrogen and oxygen atoms in total. The van der Waals surface area contributed by atoms with Gasteiger partial charge in [0.25, 0.3) is 0 Å². The van der Waals surface area contributed by atoms with Crippen molar-refractivity contribution in [1.82, 2.24) is 20.0 Å². The lowest BCUT2D eigenvalue weighted by molar-refractivity contribution is -0.120. The number of carbonyl (C=O) groups excluding carboxylic acids is 3. The van der Waals surface area contributed by atoms with Gasteiger partial charge in [-0.3, -0.25) is 19.5 Å². The molecule has 1 unspecified atom stereocenters. The van der Waals surface area contributed by atoms with E-state index in [1.54, 1.807) is 42.5 Å². The number of nitrogens with zero attached hydrogens (tertiary/aromatic N) is 6. The highest BCUT2D eigenvalue weighted by Gasteiger charge is 2.36. The maximum Gasteiger partial charge on any atom is 0.337 e. The van der Waals surface area contributed by atoms with Crippen molar-refractivity contribution in [2.75, 3.05) is 64.1 Å². The number of aromatic nitrogens is 2. The molecule has 1 aromatic heterocycles. The van der Waals surface area contributed by atoms with E-state index in [0.29, 0.717) is 34.8 Å². The number of hydrogen-bond donors (Lipinski definition) is 1. The summed E-state index contributed by atoms with van der Waals surface area (Å²) in [4.78, 5) is 49.7. The molecular formula is C33H33N7O4. The monoisotopic (exact) mass is 591 g/mol. The van der Waals surface area contributed by atoms with Gasteiger partial charge < -0.3 is 19.9 Å². The molecular weight excluding hydrogens is 558 g/mol. The molecule has 4 aromatic rings. The number of ether oxygens (including phenoxy) is 1. The zero-order valence-corrected chi connectivity index (χ0v) is 24.9. The van der Waals surface area contributed by atoms with E-state index < -0.39 is 11.9 Å². The van der Waals surface area contributed by atoms with E-state index in [-0.39, 0.29) is 11.8 Å². The number of likely N-dealkylation sites (N-methyl/N-ethyl adjacent to an activating group) is 2. The Hall–Kier alpha value is -5.00. The highest BCUT2D eigenvalue weighted by Crippen LogP contribution is 2.37. The number of amides is 2. The van der Waals surface area contributed by atoms with Crippen LogP contribution in [0.15, 0.2) is 78.0 Å². The number of piperazine rings is 1. The van der Waals surface area contributed by atoms with Crippen LogP contribution in [0.5, 0.6) is 0 Å². The number of rotatable bonds is 7. The zero-order chi connectivity index (χ0) is 30.8. The van der Waals surface area contributed by atoms with E-state index in [9.17, 15) is 14.4 Å². The van der Waals surface area contributed by atoms with Gasteiger partial charge in [0.15, 0.2) is 0 Å². The molecule has 1 saturated heterocycles. The van der Waals surface area contributed by atoms with E-state index in [1.807, 2.05) is 42.5 Å². The number of carbonyl (C=O) groups is 3. The van der Waals surface area contributed by atoms with Gasteiger partial charge in [0.1, 0.15) is 5.92 Å². The summed E-state index contributed by atoms with van der Waals surface area (Å²) in [5, 5.41) is 12.7. The second kappa shape index (κ2) is 12.3. The van der Waals surface area contributed by atoms with Gasteiger partial charge >= 0.3 is 5.97 Å². The number of methoxy groups -OCH3 is 1. The predicted octanol–water partition coefficient (Wildman–Crippen LogP) is 3.48. The van der Waals surface area contributed by atoms with Crippen LogP contribution in [0.4, 0.5) is 17.1 Å². The summed E-state index contributed by atoms with van der Waals surface area (Å²) < 4.78 is 4.85. The van der Waals surface area contributed by atoms with Gasteiger partial charge in [-0.25, -0.2) is 4.79 Å². The first-order valence-corrected chi connectivity index (χ1v) is 14.4. The quantitative estimate of drug-likeness (QED) is 0.256. The molecule has 11 heteroatoms. The fourth-order valence-electron chi connectivity index (χ4n) is 5.57. The Labute approximate surface area is 255 Å². The SMILES string of the molecule is COC(=O)c1ccc2c(c1)NC(=O)C2C(=Nc1ccc(N(C)C(=O)CN2CCN(C)CC2)cc1)c1ccc2cnncc2c1. The second-order valence-corrected chi connectivity index (χ2v) is 11.1. The topological polar surface area (TPSA) is 120 Å². The van der Waals surface area contributed by atoms with Crippen LogP contribution in [0.1, 0.15) is 27.4 Å². The van der Waals surface area contributed by atoms with Gasteiger partial charge in [-0.1, -0.05) is 18.2 Å². The van der Waals surface area contributed by atoms with E-state index in [1.165, 1.54) is 7.11 Å². The van der Waals surface area contributed by atoms with Crippen LogP contribution in [0.3, 0.4) is 0 Å². The molecule has 6 rings (SSSR count). The van der Waals surface area contributed by atoms with Gasteiger partial charge in [0, 0.05) is 55.4 Å².